The zero-order valence-electron chi connectivity index (χ0n) is 15.8. The number of rotatable bonds is 5. The van der Waals surface area contributed by atoms with E-state index in [4.69, 9.17) is 9.47 Å². The number of pyridine rings is 1. The summed E-state index contributed by atoms with van der Waals surface area (Å²) in [5, 5.41) is 1.26. The summed E-state index contributed by atoms with van der Waals surface area (Å²) < 4.78 is 13.7. The minimum Gasteiger partial charge on any atom is -0.352 e. The van der Waals surface area contributed by atoms with E-state index in [2.05, 4.69) is 84.4 Å². The molecule has 0 bridgehead atoms. The van der Waals surface area contributed by atoms with E-state index in [0.29, 0.717) is 0 Å². The van der Waals surface area contributed by atoms with Gasteiger partial charge in [-0.05, 0) is 30.5 Å². The van der Waals surface area contributed by atoms with Gasteiger partial charge in [-0.15, -0.1) is 0 Å². The molecule has 138 valence electrons. The van der Waals surface area contributed by atoms with Crippen molar-refractivity contribution in [1.29, 1.82) is 0 Å². The zero-order valence-corrected chi connectivity index (χ0v) is 15.8. The molecule has 2 aromatic carbocycles. The van der Waals surface area contributed by atoms with Crippen LogP contribution in [0.1, 0.15) is 29.5 Å². The monoisotopic (exact) mass is 360 g/mol. The van der Waals surface area contributed by atoms with Crippen LogP contribution in [-0.2, 0) is 16.0 Å². The third kappa shape index (κ3) is 4.44. The second kappa shape index (κ2) is 8.47. The molecule has 1 fully saturated rings. The Hall–Kier alpha value is -2.49. The number of hydrogen-bond donors (Lipinski definition) is 0. The van der Waals surface area contributed by atoms with Gasteiger partial charge < -0.3 is 9.47 Å². The Morgan fingerprint density at radius 3 is 2.56 bits per heavy atom. The topological polar surface area (TPSA) is 22.3 Å². The fourth-order valence-corrected chi connectivity index (χ4v) is 3.46. The van der Waals surface area contributed by atoms with Crippen molar-refractivity contribution in [2.45, 2.75) is 32.6 Å². The maximum absolute atomic E-state index is 5.68. The molecule has 0 amide bonds. The molecule has 4 rings (SSSR count). The van der Waals surface area contributed by atoms with Gasteiger partial charge in [0.1, 0.15) is 0 Å². The van der Waals surface area contributed by atoms with Crippen molar-refractivity contribution >= 4 is 23.1 Å². The smallest absolute Gasteiger partial charge is 0.213 e. The highest BCUT2D eigenvalue weighted by atomic mass is 16.7. The molecule has 27 heavy (non-hydrogen) atoms. The average Bonchev–Trinajstić information content (AvgIpc) is 2.73. The lowest BCUT2D eigenvalue weighted by Gasteiger charge is -2.22. The summed E-state index contributed by atoms with van der Waals surface area (Å²) in [5.74, 6) is 0. The predicted molar refractivity (Wildman–Crippen MR) is 109 cm³/mol. The molecule has 1 aliphatic rings. The van der Waals surface area contributed by atoms with Crippen LogP contribution in [0.5, 0.6) is 0 Å². The van der Waals surface area contributed by atoms with Gasteiger partial charge in [0, 0.05) is 12.1 Å². The van der Waals surface area contributed by atoms with E-state index in [1.54, 1.807) is 0 Å². The fourth-order valence-electron chi connectivity index (χ4n) is 3.46. The lowest BCUT2D eigenvalue weighted by molar-refractivity contribution is -0.673. The van der Waals surface area contributed by atoms with Gasteiger partial charge in [0.15, 0.2) is 19.0 Å². The van der Waals surface area contributed by atoms with Gasteiger partial charge in [-0.3, -0.25) is 0 Å². The van der Waals surface area contributed by atoms with Crippen molar-refractivity contribution in [2.75, 3.05) is 13.2 Å². The van der Waals surface area contributed by atoms with Gasteiger partial charge in [0.2, 0.25) is 5.52 Å². The predicted octanol–water partition coefficient (Wildman–Crippen LogP) is 4.76. The van der Waals surface area contributed by atoms with Crippen molar-refractivity contribution in [2.24, 2.45) is 0 Å². The Balaban J connectivity index is 1.57. The maximum Gasteiger partial charge on any atom is 0.213 e. The number of nitrogens with zero attached hydrogens (tertiary/aromatic N) is 1. The minimum atomic E-state index is -0.0777. The number of aryl methyl sites for hydroxylation is 2. The SMILES string of the molecule is Cc1ccc(C=Cc2cc[n+](CCC3OCCCO3)c3ccccc23)cc1. The molecule has 0 N–H and O–H groups in total. The van der Waals surface area contributed by atoms with Crippen LogP contribution in [0, 0.1) is 6.92 Å². The number of para-hydroxylation sites is 1. The van der Waals surface area contributed by atoms with Crippen molar-refractivity contribution < 1.29 is 14.0 Å². The molecule has 0 atom stereocenters. The van der Waals surface area contributed by atoms with Gasteiger partial charge >= 0.3 is 0 Å². The Bertz CT molecular complexity index is 925. The lowest BCUT2D eigenvalue weighted by atomic mass is 10.1. The zero-order chi connectivity index (χ0) is 18.5. The molecule has 3 nitrogen and oxygen atoms in total. The Morgan fingerprint density at radius 2 is 1.74 bits per heavy atom. The highest BCUT2D eigenvalue weighted by Gasteiger charge is 2.18. The van der Waals surface area contributed by atoms with E-state index in [1.807, 2.05) is 0 Å². The highest BCUT2D eigenvalue weighted by molar-refractivity contribution is 5.88. The van der Waals surface area contributed by atoms with Crippen LogP contribution in [-0.4, -0.2) is 19.5 Å². The van der Waals surface area contributed by atoms with Crippen LogP contribution in [0.25, 0.3) is 23.1 Å². The van der Waals surface area contributed by atoms with E-state index in [1.165, 1.54) is 27.6 Å². The van der Waals surface area contributed by atoms with Crippen molar-refractivity contribution in [3.8, 4) is 0 Å². The maximum atomic E-state index is 5.68. The van der Waals surface area contributed by atoms with Crippen molar-refractivity contribution in [1.82, 2.24) is 0 Å². The molecule has 0 unspecified atom stereocenters. The molecule has 1 saturated heterocycles. The first-order valence-corrected chi connectivity index (χ1v) is 9.69. The Labute approximate surface area is 160 Å². The third-order valence-electron chi connectivity index (χ3n) is 4.99. The molecular weight excluding hydrogens is 334 g/mol. The fraction of sp³-hybridized carbons (Fsp3) is 0.292. The van der Waals surface area contributed by atoms with E-state index < -0.39 is 0 Å². The number of fused-ring (bicyclic) bond motifs is 1. The Kier molecular flexibility index (Phi) is 5.61. The van der Waals surface area contributed by atoms with E-state index in [9.17, 15) is 0 Å². The van der Waals surface area contributed by atoms with Gasteiger partial charge in [0.25, 0.3) is 0 Å². The van der Waals surface area contributed by atoms with E-state index in [0.717, 1.165) is 32.6 Å². The van der Waals surface area contributed by atoms with Crippen LogP contribution in [0.3, 0.4) is 0 Å². The average molecular weight is 360 g/mol. The number of benzene rings is 2. The lowest BCUT2D eigenvalue weighted by Crippen LogP contribution is -2.38. The summed E-state index contributed by atoms with van der Waals surface area (Å²) in [7, 11) is 0. The van der Waals surface area contributed by atoms with Crippen molar-refractivity contribution in [3.05, 3.63) is 77.5 Å². The number of ether oxygens (including phenoxy) is 2. The summed E-state index contributed by atoms with van der Waals surface area (Å²) in [6.07, 6.45) is 8.33. The normalized spacial score (nSPS) is 15.6. The molecular formula is C24H26NO2+. The number of hydrogen-bond acceptors (Lipinski definition) is 2. The van der Waals surface area contributed by atoms with Crippen molar-refractivity contribution in [3.63, 3.8) is 0 Å². The van der Waals surface area contributed by atoms with Gasteiger partial charge in [-0.25, -0.2) is 0 Å². The Morgan fingerprint density at radius 1 is 0.963 bits per heavy atom. The molecule has 0 radical (unpaired) electrons. The second-order valence-electron chi connectivity index (χ2n) is 7.04. The van der Waals surface area contributed by atoms with Gasteiger partial charge in [-0.1, -0.05) is 54.1 Å². The molecule has 0 spiro atoms. The minimum absolute atomic E-state index is 0.0777. The molecule has 3 heteroatoms. The molecule has 0 aliphatic carbocycles. The highest BCUT2D eigenvalue weighted by Crippen LogP contribution is 2.19. The molecule has 0 saturated carbocycles. The van der Waals surface area contributed by atoms with Crippen LogP contribution in [0.15, 0.2) is 60.8 Å². The van der Waals surface area contributed by atoms with Crippen LogP contribution >= 0.6 is 0 Å². The van der Waals surface area contributed by atoms with Crippen LogP contribution in [0.4, 0.5) is 0 Å². The van der Waals surface area contributed by atoms with E-state index in [-0.39, 0.29) is 6.29 Å². The van der Waals surface area contributed by atoms with E-state index >= 15 is 0 Å². The summed E-state index contributed by atoms with van der Waals surface area (Å²) in [5.41, 5.74) is 4.96. The largest absolute Gasteiger partial charge is 0.352 e. The quantitative estimate of drug-likeness (QED) is 0.612. The van der Waals surface area contributed by atoms with Crippen LogP contribution in [0.2, 0.25) is 0 Å². The van der Waals surface area contributed by atoms with Crippen LogP contribution < -0.4 is 4.57 Å². The summed E-state index contributed by atoms with van der Waals surface area (Å²) >= 11 is 0. The summed E-state index contributed by atoms with van der Waals surface area (Å²) in [6, 6.07) is 19.4. The second-order valence-corrected chi connectivity index (χ2v) is 7.04. The third-order valence-corrected chi connectivity index (χ3v) is 4.99. The summed E-state index contributed by atoms with van der Waals surface area (Å²) in [6.45, 7) is 4.60. The first-order chi connectivity index (χ1) is 13.3. The molecule has 1 aliphatic heterocycles. The van der Waals surface area contributed by atoms with Gasteiger partial charge in [-0.2, -0.15) is 4.57 Å². The first-order valence-electron chi connectivity index (χ1n) is 9.69. The first kappa shape index (κ1) is 17.9. The molecule has 3 aromatic rings. The number of aromatic nitrogens is 1. The van der Waals surface area contributed by atoms with Gasteiger partial charge in [0.05, 0.1) is 25.0 Å². The standard InChI is InChI=1S/C24H26NO2/c1-19-7-9-20(10-8-19)11-12-21-13-15-25(23-6-3-2-5-22(21)23)16-14-24-26-17-4-18-27-24/h2-3,5-13,15,24H,4,14,16-18H2,1H3/q+1. The molecule has 2 heterocycles. The molecule has 1 aromatic heterocycles. The summed E-state index contributed by atoms with van der Waals surface area (Å²) in [4.78, 5) is 0.